The van der Waals surface area contributed by atoms with E-state index in [0.29, 0.717) is 5.52 Å². The molecule has 1 atom stereocenters. The molecule has 8 nitrogen and oxygen atoms in total. The summed E-state index contributed by atoms with van der Waals surface area (Å²) < 4.78 is 5.99. The number of nitro groups is 1. The zero-order valence-corrected chi connectivity index (χ0v) is 16.4. The van der Waals surface area contributed by atoms with E-state index in [-0.39, 0.29) is 26.9 Å². The van der Waals surface area contributed by atoms with Gasteiger partial charge in [0.15, 0.2) is 11.9 Å². The molecule has 1 unspecified atom stereocenters. The van der Waals surface area contributed by atoms with Gasteiger partial charge in [-0.25, -0.2) is 9.78 Å². The summed E-state index contributed by atoms with van der Waals surface area (Å²) in [4.78, 5) is 26.9. The van der Waals surface area contributed by atoms with Crippen LogP contribution < -0.4 is 0 Å². The van der Waals surface area contributed by atoms with Gasteiger partial charge in [-0.15, -0.1) is 11.3 Å². The number of benzene rings is 2. The first-order valence-corrected chi connectivity index (χ1v) is 9.35. The topological polar surface area (TPSA) is 126 Å². The number of carbonyl (C=O) groups is 1. The summed E-state index contributed by atoms with van der Waals surface area (Å²) in [5.41, 5.74) is -0.0160. The molecule has 0 amide bonds. The summed E-state index contributed by atoms with van der Waals surface area (Å²) in [5.74, 6) is -1.46. The number of rotatable bonds is 5. The van der Waals surface area contributed by atoms with Crippen molar-refractivity contribution >= 4 is 50.4 Å². The van der Waals surface area contributed by atoms with E-state index in [0.717, 1.165) is 16.8 Å². The summed E-state index contributed by atoms with van der Waals surface area (Å²) in [7, 11) is 0. The molecule has 0 aliphatic heterocycles. The average Bonchev–Trinajstić information content (AvgIpc) is 3.12. The number of aliphatic hydroxyl groups is 1. The lowest BCUT2D eigenvalue weighted by molar-refractivity contribution is -0.384. The van der Waals surface area contributed by atoms with Crippen molar-refractivity contribution < 1.29 is 19.6 Å². The van der Waals surface area contributed by atoms with Gasteiger partial charge in [0.1, 0.15) is 16.6 Å². The largest absolute Gasteiger partial charge is 0.507 e. The summed E-state index contributed by atoms with van der Waals surface area (Å²) >= 11 is 7.14. The van der Waals surface area contributed by atoms with Gasteiger partial charge in [-0.1, -0.05) is 23.7 Å². The predicted octanol–water partition coefficient (Wildman–Crippen LogP) is 4.90. The number of fused-ring (bicyclic) bond motifs is 1. The number of non-ortho nitro benzene ring substituents is 1. The third kappa shape index (κ3) is 4.18. The van der Waals surface area contributed by atoms with Crippen molar-refractivity contribution in [1.29, 1.82) is 5.26 Å². The molecule has 0 saturated carbocycles. The van der Waals surface area contributed by atoms with Crippen LogP contribution in [0.5, 0.6) is 0 Å². The molecule has 10 heteroatoms. The second kappa shape index (κ2) is 8.26. The van der Waals surface area contributed by atoms with Crippen LogP contribution in [-0.2, 0) is 4.74 Å². The smallest absolute Gasteiger partial charge is 0.340 e. The Morgan fingerprint density at radius 1 is 1.38 bits per heavy atom. The number of carbonyl (C=O) groups excluding carboxylic acids is 1. The van der Waals surface area contributed by atoms with Gasteiger partial charge in [0.05, 0.1) is 25.7 Å². The Balaban J connectivity index is 1.89. The Hall–Kier alpha value is -3.48. The van der Waals surface area contributed by atoms with E-state index >= 15 is 0 Å². The highest BCUT2D eigenvalue weighted by atomic mass is 35.5. The first kappa shape index (κ1) is 20.3. The van der Waals surface area contributed by atoms with E-state index in [1.165, 1.54) is 24.3 Å². The second-order valence-corrected chi connectivity index (χ2v) is 7.27. The third-order valence-electron chi connectivity index (χ3n) is 3.93. The summed E-state index contributed by atoms with van der Waals surface area (Å²) in [5, 5.41) is 31.1. The number of halogens is 1. The highest BCUT2D eigenvalue weighted by molar-refractivity contribution is 7.19. The standard InChI is InChI=1S/C19H12ClN3O5S/c1-10(28-19(25)12-8-11(23(26)27)6-7-14(12)20)17(24)13(9-21)18-22-15-4-2-3-5-16(15)29-18/h2-8,10,24H,1H3. The van der Waals surface area contributed by atoms with Gasteiger partial charge in [-0.2, -0.15) is 5.26 Å². The molecule has 1 N–H and O–H groups in total. The van der Waals surface area contributed by atoms with Gasteiger partial charge in [-0.3, -0.25) is 10.1 Å². The molecule has 0 aliphatic rings. The number of hydrogen-bond acceptors (Lipinski definition) is 8. The number of hydrogen-bond donors (Lipinski definition) is 1. The third-order valence-corrected chi connectivity index (χ3v) is 5.31. The summed E-state index contributed by atoms with van der Waals surface area (Å²) in [6.07, 6.45) is -1.21. The van der Waals surface area contributed by atoms with Gasteiger partial charge in [0, 0.05) is 12.1 Å². The van der Waals surface area contributed by atoms with Crippen molar-refractivity contribution in [2.45, 2.75) is 13.0 Å². The van der Waals surface area contributed by atoms with Crippen LogP contribution in [0.3, 0.4) is 0 Å². The fourth-order valence-electron chi connectivity index (χ4n) is 2.46. The van der Waals surface area contributed by atoms with E-state index in [1.807, 2.05) is 18.2 Å². The molecule has 29 heavy (non-hydrogen) atoms. The zero-order chi connectivity index (χ0) is 21.1. The zero-order valence-electron chi connectivity index (χ0n) is 14.8. The normalized spacial score (nSPS) is 12.7. The number of nitro benzene ring substituents is 1. The van der Waals surface area contributed by atoms with Gasteiger partial charge in [0.2, 0.25) is 0 Å². The van der Waals surface area contributed by atoms with Crippen LogP contribution in [0.25, 0.3) is 15.8 Å². The molecule has 2 aromatic carbocycles. The lowest BCUT2D eigenvalue weighted by atomic mass is 10.1. The molecule has 1 aromatic heterocycles. The SMILES string of the molecule is CC(OC(=O)c1cc([N+](=O)[O-])ccc1Cl)C(O)=C(C#N)c1nc2ccccc2s1. The van der Waals surface area contributed by atoms with E-state index < -0.39 is 22.8 Å². The van der Waals surface area contributed by atoms with Crippen molar-refractivity contribution in [3.8, 4) is 6.07 Å². The van der Waals surface area contributed by atoms with Gasteiger partial charge in [0.25, 0.3) is 5.69 Å². The number of aliphatic hydroxyl groups excluding tert-OH is 1. The quantitative estimate of drug-likeness (QED) is 0.201. The highest BCUT2D eigenvalue weighted by Crippen LogP contribution is 2.30. The van der Waals surface area contributed by atoms with Crippen molar-refractivity contribution in [2.75, 3.05) is 0 Å². The second-order valence-electron chi connectivity index (χ2n) is 5.83. The minimum atomic E-state index is -1.21. The fourth-order valence-corrected chi connectivity index (χ4v) is 3.62. The van der Waals surface area contributed by atoms with Crippen LogP contribution in [0.4, 0.5) is 5.69 Å². The van der Waals surface area contributed by atoms with Crippen molar-refractivity contribution in [2.24, 2.45) is 0 Å². The first-order valence-electron chi connectivity index (χ1n) is 8.16. The van der Waals surface area contributed by atoms with E-state index in [9.17, 15) is 25.3 Å². The number of aromatic nitrogens is 1. The molecule has 0 bridgehead atoms. The lowest BCUT2D eigenvalue weighted by Gasteiger charge is -2.14. The molecule has 0 aliphatic carbocycles. The Bertz CT molecular complexity index is 1170. The predicted molar refractivity (Wildman–Crippen MR) is 108 cm³/mol. The minimum Gasteiger partial charge on any atom is -0.507 e. The van der Waals surface area contributed by atoms with Crippen molar-refractivity contribution in [1.82, 2.24) is 4.98 Å². The number of thiazole rings is 1. The van der Waals surface area contributed by atoms with Crippen LogP contribution in [-0.4, -0.2) is 27.1 Å². The summed E-state index contributed by atoms with van der Waals surface area (Å²) in [6, 6.07) is 12.5. The van der Waals surface area contributed by atoms with Crippen LogP contribution in [0.15, 0.2) is 48.2 Å². The number of nitriles is 1. The maximum atomic E-state index is 12.4. The van der Waals surface area contributed by atoms with Crippen molar-refractivity contribution in [3.63, 3.8) is 0 Å². The van der Waals surface area contributed by atoms with Crippen LogP contribution >= 0.6 is 22.9 Å². The van der Waals surface area contributed by atoms with Crippen LogP contribution in [0, 0.1) is 21.4 Å². The maximum Gasteiger partial charge on any atom is 0.340 e. The first-order chi connectivity index (χ1) is 13.8. The van der Waals surface area contributed by atoms with E-state index in [2.05, 4.69) is 4.98 Å². The summed E-state index contributed by atoms with van der Waals surface area (Å²) in [6.45, 7) is 1.36. The Morgan fingerprint density at radius 3 is 2.76 bits per heavy atom. The molecule has 0 saturated heterocycles. The molecule has 0 radical (unpaired) electrons. The van der Waals surface area contributed by atoms with Gasteiger partial charge in [-0.05, 0) is 25.1 Å². The molecular weight excluding hydrogens is 418 g/mol. The number of para-hydroxylation sites is 1. The van der Waals surface area contributed by atoms with Crippen LogP contribution in [0.1, 0.15) is 22.3 Å². The monoisotopic (exact) mass is 429 g/mol. The molecular formula is C19H12ClN3O5S. The Labute approximate surface area is 173 Å². The minimum absolute atomic E-state index is 0.0389. The fraction of sp³-hybridized carbons (Fsp3) is 0.105. The van der Waals surface area contributed by atoms with Crippen molar-refractivity contribution in [3.05, 3.63) is 73.9 Å². The van der Waals surface area contributed by atoms with Crippen LogP contribution in [0.2, 0.25) is 5.02 Å². The van der Waals surface area contributed by atoms with E-state index in [4.69, 9.17) is 16.3 Å². The molecule has 146 valence electrons. The van der Waals surface area contributed by atoms with E-state index in [1.54, 1.807) is 12.1 Å². The molecule has 1 heterocycles. The molecule has 0 fully saturated rings. The average molecular weight is 430 g/mol. The number of esters is 1. The van der Waals surface area contributed by atoms with Gasteiger partial charge >= 0.3 is 5.97 Å². The molecule has 3 rings (SSSR count). The lowest BCUT2D eigenvalue weighted by Crippen LogP contribution is -2.18. The highest BCUT2D eigenvalue weighted by Gasteiger charge is 2.24. The maximum absolute atomic E-state index is 12.4. The Morgan fingerprint density at radius 2 is 2.10 bits per heavy atom. The molecule has 3 aromatic rings. The molecule has 0 spiro atoms. The Kier molecular flexibility index (Phi) is 5.77. The van der Waals surface area contributed by atoms with Gasteiger partial charge < -0.3 is 9.84 Å². The number of allylic oxidation sites excluding steroid dienone is 1. The number of ether oxygens (including phenoxy) is 1. The number of nitrogens with zero attached hydrogens (tertiary/aromatic N) is 3.